The Kier molecular flexibility index (Phi) is 4.50. The molecule has 0 aromatic heterocycles. The van der Waals surface area contributed by atoms with Gasteiger partial charge in [-0.05, 0) is 43.2 Å². The van der Waals surface area contributed by atoms with E-state index in [2.05, 4.69) is 11.8 Å². The van der Waals surface area contributed by atoms with Gasteiger partial charge in [0.1, 0.15) is 5.82 Å². The number of benzene rings is 1. The highest BCUT2D eigenvalue weighted by molar-refractivity contribution is 6.17. The summed E-state index contributed by atoms with van der Waals surface area (Å²) in [4.78, 5) is 2.10. The van der Waals surface area contributed by atoms with Crippen molar-refractivity contribution in [1.29, 1.82) is 0 Å². The molecule has 0 spiro atoms. The summed E-state index contributed by atoms with van der Waals surface area (Å²) in [6.07, 6.45) is 4.76. The van der Waals surface area contributed by atoms with E-state index in [4.69, 9.17) is 11.6 Å². The fourth-order valence-electron chi connectivity index (χ4n) is 2.88. The highest BCUT2D eigenvalue weighted by Gasteiger charge is 2.24. The quantitative estimate of drug-likeness (QED) is 0.726. The molecule has 18 heavy (non-hydrogen) atoms. The van der Waals surface area contributed by atoms with Gasteiger partial charge in [-0.1, -0.05) is 19.1 Å². The van der Waals surface area contributed by atoms with Crippen LogP contribution in [0.15, 0.2) is 18.2 Å². The second-order valence-corrected chi connectivity index (χ2v) is 5.67. The molecule has 0 heterocycles. The second-order valence-electron chi connectivity index (χ2n) is 5.41. The van der Waals surface area contributed by atoms with Gasteiger partial charge in [0.25, 0.3) is 0 Å². The minimum Gasteiger partial charge on any atom is -0.369 e. The van der Waals surface area contributed by atoms with Gasteiger partial charge in [0.2, 0.25) is 0 Å². The van der Waals surface area contributed by atoms with Gasteiger partial charge in [-0.2, -0.15) is 0 Å². The van der Waals surface area contributed by atoms with Crippen molar-refractivity contribution in [3.63, 3.8) is 0 Å². The maximum Gasteiger partial charge on any atom is 0.146 e. The molecule has 1 aliphatic rings. The van der Waals surface area contributed by atoms with Crippen LogP contribution in [0.2, 0.25) is 0 Å². The largest absolute Gasteiger partial charge is 0.369 e. The Bertz CT molecular complexity index is 399. The van der Waals surface area contributed by atoms with Crippen LogP contribution in [0.5, 0.6) is 0 Å². The minimum absolute atomic E-state index is 0.158. The normalized spacial score (nSPS) is 24.0. The molecule has 1 aromatic carbocycles. The Morgan fingerprint density at radius 1 is 1.28 bits per heavy atom. The van der Waals surface area contributed by atoms with Gasteiger partial charge >= 0.3 is 0 Å². The van der Waals surface area contributed by atoms with E-state index in [0.717, 1.165) is 24.3 Å². The number of nitrogens with zero attached hydrogens (tertiary/aromatic N) is 1. The van der Waals surface area contributed by atoms with Crippen LogP contribution in [0.3, 0.4) is 0 Å². The first-order valence-corrected chi connectivity index (χ1v) is 7.23. The lowest BCUT2D eigenvalue weighted by atomic mass is 9.86. The molecule has 0 amide bonds. The summed E-state index contributed by atoms with van der Waals surface area (Å²) in [5, 5.41) is 0. The summed E-state index contributed by atoms with van der Waals surface area (Å²) in [7, 11) is 2.00. The van der Waals surface area contributed by atoms with Crippen molar-refractivity contribution >= 4 is 17.3 Å². The summed E-state index contributed by atoms with van der Waals surface area (Å²) in [6, 6.07) is 5.61. The van der Waals surface area contributed by atoms with Gasteiger partial charge in [-0.15, -0.1) is 11.6 Å². The first-order valence-electron chi connectivity index (χ1n) is 6.69. The summed E-state index contributed by atoms with van der Waals surface area (Å²) >= 11 is 5.92. The van der Waals surface area contributed by atoms with Crippen molar-refractivity contribution in [2.75, 3.05) is 11.9 Å². The van der Waals surface area contributed by atoms with Gasteiger partial charge < -0.3 is 4.90 Å². The maximum atomic E-state index is 14.0. The Balaban J connectivity index is 2.20. The third-order valence-electron chi connectivity index (χ3n) is 4.10. The van der Waals surface area contributed by atoms with E-state index in [1.807, 2.05) is 13.1 Å². The van der Waals surface area contributed by atoms with Crippen LogP contribution in [0.4, 0.5) is 10.1 Å². The average molecular weight is 270 g/mol. The molecule has 0 unspecified atom stereocenters. The lowest BCUT2D eigenvalue weighted by molar-refractivity contribution is 0.339. The van der Waals surface area contributed by atoms with Gasteiger partial charge in [0.15, 0.2) is 0 Å². The number of alkyl halides is 1. The molecule has 100 valence electrons. The Labute approximate surface area is 114 Å². The van der Waals surface area contributed by atoms with Gasteiger partial charge in [-0.25, -0.2) is 4.39 Å². The monoisotopic (exact) mass is 269 g/mol. The molecule has 0 atom stereocenters. The molecule has 0 bridgehead atoms. The van der Waals surface area contributed by atoms with E-state index in [1.54, 1.807) is 6.07 Å². The second kappa shape index (κ2) is 5.92. The van der Waals surface area contributed by atoms with E-state index in [-0.39, 0.29) is 5.82 Å². The Morgan fingerprint density at radius 2 is 1.94 bits per heavy atom. The van der Waals surface area contributed by atoms with Crippen LogP contribution in [0, 0.1) is 11.7 Å². The highest BCUT2D eigenvalue weighted by atomic mass is 35.5. The molecule has 3 heteroatoms. The van der Waals surface area contributed by atoms with E-state index >= 15 is 0 Å². The lowest BCUT2D eigenvalue weighted by Gasteiger charge is -2.36. The van der Waals surface area contributed by atoms with Crippen LogP contribution in [-0.4, -0.2) is 13.1 Å². The van der Waals surface area contributed by atoms with Crippen molar-refractivity contribution in [1.82, 2.24) is 0 Å². The van der Waals surface area contributed by atoms with Crippen LogP contribution < -0.4 is 4.90 Å². The zero-order valence-corrected chi connectivity index (χ0v) is 11.9. The molecule has 1 nitrogen and oxygen atoms in total. The van der Waals surface area contributed by atoms with E-state index in [9.17, 15) is 4.39 Å². The number of rotatable bonds is 3. The van der Waals surface area contributed by atoms with Crippen molar-refractivity contribution in [2.45, 2.75) is 44.5 Å². The van der Waals surface area contributed by atoms with Crippen LogP contribution in [-0.2, 0) is 5.88 Å². The van der Waals surface area contributed by atoms with Crippen molar-refractivity contribution in [3.05, 3.63) is 29.6 Å². The third kappa shape index (κ3) is 2.80. The fraction of sp³-hybridized carbons (Fsp3) is 0.600. The Morgan fingerprint density at radius 3 is 2.56 bits per heavy atom. The molecule has 0 N–H and O–H groups in total. The van der Waals surface area contributed by atoms with E-state index in [1.165, 1.54) is 18.9 Å². The topological polar surface area (TPSA) is 3.24 Å². The molecule has 2 rings (SSSR count). The van der Waals surface area contributed by atoms with Crippen LogP contribution in [0.1, 0.15) is 38.2 Å². The molecular formula is C15H21ClFN. The number of hydrogen-bond acceptors (Lipinski definition) is 1. The smallest absolute Gasteiger partial charge is 0.146 e. The Hall–Kier alpha value is -0.760. The molecule has 1 aromatic rings. The fourth-order valence-corrected chi connectivity index (χ4v) is 3.09. The SMILES string of the molecule is CC1CCC(N(C)c2c(F)cccc2CCl)CC1. The molecule has 1 aliphatic carbocycles. The number of hydrogen-bond donors (Lipinski definition) is 0. The highest BCUT2D eigenvalue weighted by Crippen LogP contribution is 2.32. The molecule has 0 radical (unpaired) electrons. The van der Waals surface area contributed by atoms with E-state index < -0.39 is 0 Å². The zero-order valence-electron chi connectivity index (χ0n) is 11.1. The number of anilines is 1. The minimum atomic E-state index is -0.158. The van der Waals surface area contributed by atoms with Gasteiger partial charge in [-0.3, -0.25) is 0 Å². The van der Waals surface area contributed by atoms with Crippen molar-refractivity contribution < 1.29 is 4.39 Å². The van der Waals surface area contributed by atoms with Gasteiger partial charge in [0.05, 0.1) is 5.69 Å². The molecule has 1 fully saturated rings. The lowest BCUT2D eigenvalue weighted by Crippen LogP contribution is -2.35. The molecule has 0 aliphatic heterocycles. The third-order valence-corrected chi connectivity index (χ3v) is 4.39. The van der Waals surface area contributed by atoms with Crippen LogP contribution in [0.25, 0.3) is 0 Å². The van der Waals surface area contributed by atoms with Crippen LogP contribution >= 0.6 is 11.6 Å². The molecule has 0 saturated heterocycles. The zero-order chi connectivity index (χ0) is 13.1. The predicted molar refractivity (Wildman–Crippen MR) is 75.8 cm³/mol. The summed E-state index contributed by atoms with van der Waals surface area (Å²) in [5.41, 5.74) is 1.57. The van der Waals surface area contributed by atoms with Crippen molar-refractivity contribution in [2.24, 2.45) is 5.92 Å². The summed E-state index contributed by atoms with van der Waals surface area (Å²) in [5.74, 6) is 1.01. The first kappa shape index (κ1) is 13.7. The first-order chi connectivity index (χ1) is 8.63. The average Bonchev–Trinajstić information content (AvgIpc) is 2.38. The number of halogens is 2. The standard InChI is InChI=1S/C15H21ClFN/c1-11-6-8-13(9-7-11)18(2)15-12(10-16)4-3-5-14(15)17/h3-5,11,13H,6-10H2,1-2H3. The summed E-state index contributed by atoms with van der Waals surface area (Å²) in [6.45, 7) is 2.30. The summed E-state index contributed by atoms with van der Waals surface area (Å²) < 4.78 is 14.0. The predicted octanol–water partition coefficient (Wildman–Crippen LogP) is 4.58. The van der Waals surface area contributed by atoms with Crippen molar-refractivity contribution in [3.8, 4) is 0 Å². The molecular weight excluding hydrogens is 249 g/mol. The molecule has 1 saturated carbocycles. The maximum absolute atomic E-state index is 14.0. The van der Waals surface area contributed by atoms with Gasteiger partial charge in [0, 0.05) is 19.0 Å². The van der Waals surface area contributed by atoms with E-state index in [0.29, 0.717) is 17.6 Å². The number of para-hydroxylation sites is 1.